The van der Waals surface area contributed by atoms with Gasteiger partial charge in [-0.2, -0.15) is 0 Å². The number of fused-ring (bicyclic) bond motifs is 4. The molecule has 3 aliphatic rings. The van der Waals surface area contributed by atoms with E-state index in [1.54, 1.807) is 26.8 Å². The molecule has 0 N–H and O–H groups in total. The van der Waals surface area contributed by atoms with E-state index in [0.717, 1.165) is 22.3 Å². The topological polar surface area (TPSA) is 82.1 Å². The molecule has 2 heterocycles. The fourth-order valence-corrected chi connectivity index (χ4v) is 5.45. The van der Waals surface area contributed by atoms with Crippen molar-refractivity contribution in [2.45, 2.75) is 83.8 Å². The second-order valence-electron chi connectivity index (χ2n) is 10.8. The molecule has 8 heteroatoms. The largest absolute Gasteiger partial charge is 0.488 e. The van der Waals surface area contributed by atoms with E-state index < -0.39 is 29.8 Å². The standard InChI is InChI=1S/C28H30ClNO6/c1-15-5-9-22(30(15)27(33)36-28(2,3)4)26(32)35-23-10-6-16-12-21-19-8-7-18(29)11-17(19)14-34-24(21)13-20(16)25(23)31/h7-8,11-13,15,22-23H,5-6,9-10,14H2,1-4H3. The van der Waals surface area contributed by atoms with Crippen molar-refractivity contribution in [2.24, 2.45) is 0 Å². The van der Waals surface area contributed by atoms with Gasteiger partial charge < -0.3 is 14.2 Å². The Balaban J connectivity index is 1.34. The van der Waals surface area contributed by atoms with Crippen LogP contribution in [0.3, 0.4) is 0 Å². The van der Waals surface area contributed by atoms with Crippen molar-refractivity contribution in [2.75, 3.05) is 0 Å². The van der Waals surface area contributed by atoms with Crippen LogP contribution in [-0.2, 0) is 27.3 Å². The minimum absolute atomic E-state index is 0.151. The number of ether oxygens (including phenoxy) is 3. The molecule has 36 heavy (non-hydrogen) atoms. The van der Waals surface area contributed by atoms with Gasteiger partial charge in [-0.05, 0) is 94.3 Å². The molecule has 2 aromatic carbocycles. The summed E-state index contributed by atoms with van der Waals surface area (Å²) in [5, 5.41) is 0.653. The quantitative estimate of drug-likeness (QED) is 0.479. The number of ketones is 1. The Labute approximate surface area is 215 Å². The number of carbonyl (C=O) groups is 3. The molecule has 2 aromatic rings. The first kappa shape index (κ1) is 24.6. The van der Waals surface area contributed by atoms with Crippen LogP contribution >= 0.6 is 11.6 Å². The van der Waals surface area contributed by atoms with E-state index in [9.17, 15) is 14.4 Å². The molecule has 0 spiro atoms. The summed E-state index contributed by atoms with van der Waals surface area (Å²) in [5.41, 5.74) is 3.72. The first-order valence-electron chi connectivity index (χ1n) is 12.4. The van der Waals surface area contributed by atoms with Crippen molar-refractivity contribution < 1.29 is 28.6 Å². The van der Waals surface area contributed by atoms with Crippen LogP contribution in [0.4, 0.5) is 4.79 Å². The van der Waals surface area contributed by atoms with Gasteiger partial charge in [0.1, 0.15) is 24.0 Å². The Bertz CT molecular complexity index is 1250. The maximum absolute atomic E-state index is 13.4. The minimum atomic E-state index is -0.894. The number of amides is 1. The molecular weight excluding hydrogens is 482 g/mol. The molecule has 0 saturated carbocycles. The lowest BCUT2D eigenvalue weighted by molar-refractivity contribution is -0.153. The van der Waals surface area contributed by atoms with E-state index in [2.05, 4.69) is 0 Å². The first-order chi connectivity index (χ1) is 17.0. The number of rotatable bonds is 2. The SMILES string of the molecule is CC1CCC(C(=O)OC2CCc3cc4c(cc3C2=O)OCc2cc(Cl)ccc2-4)N1C(=O)OC(C)(C)C. The molecular formula is C28H30ClNO6. The third kappa shape index (κ3) is 4.57. The molecule has 2 aliphatic heterocycles. The number of hydrogen-bond acceptors (Lipinski definition) is 6. The average molecular weight is 512 g/mol. The number of nitrogens with zero attached hydrogens (tertiary/aromatic N) is 1. The van der Waals surface area contributed by atoms with Crippen LogP contribution in [0.25, 0.3) is 11.1 Å². The maximum atomic E-state index is 13.4. The van der Waals surface area contributed by atoms with Crippen LogP contribution in [0.1, 0.15) is 68.4 Å². The summed E-state index contributed by atoms with van der Waals surface area (Å²) in [4.78, 5) is 40.7. The molecule has 1 fully saturated rings. The van der Waals surface area contributed by atoms with Gasteiger partial charge in [-0.25, -0.2) is 9.59 Å². The smallest absolute Gasteiger partial charge is 0.411 e. The van der Waals surface area contributed by atoms with Gasteiger partial charge >= 0.3 is 12.1 Å². The summed E-state index contributed by atoms with van der Waals surface area (Å²) in [6, 6.07) is 8.55. The number of aryl methyl sites for hydroxylation is 1. The molecule has 5 rings (SSSR count). The van der Waals surface area contributed by atoms with Gasteiger partial charge in [-0.15, -0.1) is 0 Å². The highest BCUT2D eigenvalue weighted by molar-refractivity contribution is 6.30. The molecule has 190 valence electrons. The van der Waals surface area contributed by atoms with Crippen LogP contribution in [0.5, 0.6) is 5.75 Å². The van der Waals surface area contributed by atoms with Gasteiger partial charge in [0.15, 0.2) is 6.10 Å². The van der Waals surface area contributed by atoms with Gasteiger partial charge in [-0.3, -0.25) is 9.69 Å². The number of carbonyl (C=O) groups excluding carboxylic acids is 3. The van der Waals surface area contributed by atoms with Crippen LogP contribution < -0.4 is 4.74 Å². The summed E-state index contributed by atoms with van der Waals surface area (Å²) < 4.78 is 17.2. The molecule has 0 aromatic heterocycles. The molecule has 1 saturated heterocycles. The van der Waals surface area contributed by atoms with Gasteiger partial charge in [-0.1, -0.05) is 17.7 Å². The predicted octanol–water partition coefficient (Wildman–Crippen LogP) is 5.73. The zero-order chi connectivity index (χ0) is 25.8. The Morgan fingerprint density at radius 3 is 2.56 bits per heavy atom. The Kier molecular flexibility index (Phi) is 6.23. The zero-order valence-corrected chi connectivity index (χ0v) is 21.7. The fourth-order valence-electron chi connectivity index (χ4n) is 5.25. The molecule has 3 atom stereocenters. The lowest BCUT2D eigenvalue weighted by Gasteiger charge is -2.32. The van der Waals surface area contributed by atoms with Gasteiger partial charge in [0.05, 0.1) is 0 Å². The van der Waals surface area contributed by atoms with Crippen molar-refractivity contribution in [3.8, 4) is 16.9 Å². The molecule has 0 radical (unpaired) electrons. The Morgan fingerprint density at radius 1 is 1.03 bits per heavy atom. The third-order valence-electron chi connectivity index (χ3n) is 6.98. The van der Waals surface area contributed by atoms with Gasteiger partial charge in [0.25, 0.3) is 0 Å². The molecule has 7 nitrogen and oxygen atoms in total. The highest BCUT2D eigenvalue weighted by Gasteiger charge is 2.43. The number of halogens is 1. The van der Waals surface area contributed by atoms with Crippen LogP contribution in [-0.4, -0.2) is 46.5 Å². The van der Waals surface area contributed by atoms with E-state index in [-0.39, 0.29) is 11.8 Å². The van der Waals surface area contributed by atoms with Crippen molar-refractivity contribution in [3.05, 3.63) is 52.0 Å². The molecule has 0 bridgehead atoms. The number of hydrogen-bond donors (Lipinski definition) is 0. The van der Waals surface area contributed by atoms with Gasteiger partial charge in [0, 0.05) is 22.2 Å². The average Bonchev–Trinajstić information content (AvgIpc) is 3.20. The fraction of sp³-hybridized carbons (Fsp3) is 0.464. The van der Waals surface area contributed by atoms with Crippen LogP contribution in [0.15, 0.2) is 30.3 Å². The number of benzene rings is 2. The molecule has 1 amide bonds. The highest BCUT2D eigenvalue weighted by Crippen LogP contribution is 2.42. The second-order valence-corrected chi connectivity index (χ2v) is 11.2. The van der Waals surface area contributed by atoms with Crippen LogP contribution in [0.2, 0.25) is 5.02 Å². The van der Waals surface area contributed by atoms with Gasteiger partial charge in [0.2, 0.25) is 5.78 Å². The first-order valence-corrected chi connectivity index (χ1v) is 12.7. The molecule has 3 unspecified atom stereocenters. The second kappa shape index (κ2) is 9.11. The monoisotopic (exact) mass is 511 g/mol. The van der Waals surface area contributed by atoms with E-state index in [4.69, 9.17) is 25.8 Å². The number of Topliss-reactive ketones (excluding diaryl/α,β-unsaturated/α-hetero) is 1. The van der Waals surface area contributed by atoms with Crippen molar-refractivity contribution in [3.63, 3.8) is 0 Å². The number of likely N-dealkylation sites (tertiary alicyclic amines) is 1. The zero-order valence-electron chi connectivity index (χ0n) is 20.9. The van der Waals surface area contributed by atoms with Crippen molar-refractivity contribution in [1.82, 2.24) is 4.90 Å². The summed E-state index contributed by atoms with van der Waals surface area (Å²) in [5.74, 6) is -0.176. The van der Waals surface area contributed by atoms with Crippen molar-refractivity contribution >= 4 is 29.4 Å². The summed E-state index contributed by atoms with van der Waals surface area (Å²) in [7, 11) is 0. The van der Waals surface area contributed by atoms with E-state index in [1.807, 2.05) is 31.2 Å². The summed E-state index contributed by atoms with van der Waals surface area (Å²) in [6.45, 7) is 7.61. The van der Waals surface area contributed by atoms with E-state index in [1.165, 1.54) is 4.90 Å². The minimum Gasteiger partial charge on any atom is -0.488 e. The van der Waals surface area contributed by atoms with Crippen LogP contribution in [0, 0.1) is 0 Å². The Morgan fingerprint density at radius 2 is 1.81 bits per heavy atom. The summed E-state index contributed by atoms with van der Waals surface area (Å²) >= 11 is 6.13. The maximum Gasteiger partial charge on any atom is 0.411 e. The number of esters is 1. The lowest BCUT2D eigenvalue weighted by Crippen LogP contribution is -2.48. The van der Waals surface area contributed by atoms with Crippen molar-refractivity contribution in [1.29, 1.82) is 0 Å². The molecule has 1 aliphatic carbocycles. The normalized spacial score (nSPS) is 22.8. The van der Waals surface area contributed by atoms with E-state index >= 15 is 0 Å². The third-order valence-corrected chi connectivity index (χ3v) is 7.22. The lowest BCUT2D eigenvalue weighted by atomic mass is 9.85. The Hall–Kier alpha value is -3.06. The summed E-state index contributed by atoms with van der Waals surface area (Å²) in [6.07, 6.45) is 0.679. The predicted molar refractivity (Wildman–Crippen MR) is 134 cm³/mol. The van der Waals surface area contributed by atoms with E-state index in [0.29, 0.717) is 48.6 Å². The highest BCUT2D eigenvalue weighted by atomic mass is 35.5.